The molecule has 0 aromatic carbocycles. The van der Waals surface area contributed by atoms with E-state index in [0.717, 1.165) is 18.5 Å². The Balaban J connectivity index is 1.72. The van der Waals surface area contributed by atoms with Crippen LogP contribution in [0.4, 0.5) is 5.13 Å². The number of amides is 1. The van der Waals surface area contributed by atoms with Gasteiger partial charge in [-0.3, -0.25) is 4.79 Å². The maximum absolute atomic E-state index is 12.8. The lowest BCUT2D eigenvalue weighted by Crippen LogP contribution is -2.45. The van der Waals surface area contributed by atoms with Crippen LogP contribution < -0.4 is 5.32 Å². The predicted octanol–water partition coefficient (Wildman–Crippen LogP) is 3.09. The van der Waals surface area contributed by atoms with Gasteiger partial charge in [-0.25, -0.2) is 13.4 Å². The Kier molecular flexibility index (Phi) is 5.33. The molecule has 0 aliphatic carbocycles. The second-order valence-corrected chi connectivity index (χ2v) is 9.67. The summed E-state index contributed by atoms with van der Waals surface area (Å²) in [5, 5.41) is 6.94. The van der Waals surface area contributed by atoms with E-state index in [9.17, 15) is 13.2 Å². The van der Waals surface area contributed by atoms with Gasteiger partial charge >= 0.3 is 0 Å². The highest BCUT2D eigenvalue weighted by molar-refractivity contribution is 7.91. The summed E-state index contributed by atoms with van der Waals surface area (Å²) in [4.78, 5) is 16.5. The minimum atomic E-state index is -3.52. The zero-order valence-electron chi connectivity index (χ0n) is 13.3. The predicted molar refractivity (Wildman–Crippen MR) is 95.9 cm³/mol. The number of thiazole rings is 1. The van der Waals surface area contributed by atoms with Crippen LogP contribution in [0.1, 0.15) is 31.4 Å². The maximum Gasteiger partial charge on any atom is 0.252 e. The molecule has 3 rings (SSSR count). The highest BCUT2D eigenvalue weighted by Crippen LogP contribution is 2.29. The van der Waals surface area contributed by atoms with Crippen molar-refractivity contribution in [2.45, 2.75) is 42.9 Å². The summed E-state index contributed by atoms with van der Waals surface area (Å²) in [6.07, 6.45) is 2.62. The van der Waals surface area contributed by atoms with Gasteiger partial charge in [0.15, 0.2) is 5.13 Å². The van der Waals surface area contributed by atoms with Gasteiger partial charge in [0.1, 0.15) is 4.21 Å². The Labute approximate surface area is 149 Å². The molecule has 1 N–H and O–H groups in total. The van der Waals surface area contributed by atoms with Crippen LogP contribution in [0.5, 0.6) is 0 Å². The Morgan fingerprint density at radius 2 is 2.25 bits per heavy atom. The summed E-state index contributed by atoms with van der Waals surface area (Å²) in [5.74, 6) is -0.192. The molecule has 2 aromatic rings. The van der Waals surface area contributed by atoms with Gasteiger partial charge in [-0.2, -0.15) is 4.31 Å². The van der Waals surface area contributed by atoms with Gasteiger partial charge in [0, 0.05) is 24.4 Å². The van der Waals surface area contributed by atoms with Crippen LogP contribution in [0.3, 0.4) is 0 Å². The van der Waals surface area contributed by atoms with Crippen molar-refractivity contribution in [3.05, 3.63) is 28.6 Å². The average molecular weight is 386 g/mol. The average Bonchev–Trinajstić information content (AvgIpc) is 3.20. The molecule has 2 aromatic heterocycles. The number of hydrogen-bond acceptors (Lipinski definition) is 6. The summed E-state index contributed by atoms with van der Waals surface area (Å²) in [5.41, 5.74) is 0.856. The quantitative estimate of drug-likeness (QED) is 0.858. The number of carbonyl (C=O) groups excluding carboxylic acids is 1. The Morgan fingerprint density at radius 1 is 1.42 bits per heavy atom. The molecule has 0 unspecified atom stereocenters. The molecule has 1 aliphatic heterocycles. The van der Waals surface area contributed by atoms with Crippen LogP contribution in [-0.4, -0.2) is 36.2 Å². The van der Waals surface area contributed by atoms with E-state index in [1.54, 1.807) is 17.5 Å². The summed E-state index contributed by atoms with van der Waals surface area (Å²) in [6, 6.07) is 3.05. The van der Waals surface area contributed by atoms with Crippen LogP contribution in [0.25, 0.3) is 0 Å². The molecule has 0 spiro atoms. The number of sulfonamides is 1. The third kappa shape index (κ3) is 3.85. The van der Waals surface area contributed by atoms with E-state index < -0.39 is 10.0 Å². The van der Waals surface area contributed by atoms with Gasteiger partial charge in [0.05, 0.1) is 5.69 Å². The zero-order valence-corrected chi connectivity index (χ0v) is 15.7. The highest BCUT2D eigenvalue weighted by atomic mass is 32.2. The molecule has 1 fully saturated rings. The van der Waals surface area contributed by atoms with E-state index in [1.807, 2.05) is 12.3 Å². The molecule has 0 bridgehead atoms. The number of thiophene rings is 1. The fourth-order valence-corrected chi connectivity index (χ4v) is 6.33. The molecule has 0 radical (unpaired) electrons. The first-order valence-electron chi connectivity index (χ1n) is 7.74. The molecule has 3 heterocycles. The van der Waals surface area contributed by atoms with Crippen LogP contribution in [0.15, 0.2) is 27.1 Å². The number of rotatable bonds is 5. The van der Waals surface area contributed by atoms with Gasteiger partial charge in [0.2, 0.25) is 5.91 Å². The third-order valence-corrected chi connectivity index (χ3v) is 8.12. The number of piperidine rings is 1. The minimum Gasteiger partial charge on any atom is -0.302 e. The SMILES string of the molecule is Cc1csc(NC(=O)C[C@H]2CCCCN2S(=O)(=O)c2cccs2)n1. The van der Waals surface area contributed by atoms with Gasteiger partial charge in [0.25, 0.3) is 10.0 Å². The van der Waals surface area contributed by atoms with Crippen LogP contribution in [0.2, 0.25) is 0 Å². The molecular weight excluding hydrogens is 366 g/mol. The van der Waals surface area contributed by atoms with Crippen molar-refractivity contribution < 1.29 is 13.2 Å². The number of nitrogens with one attached hydrogen (secondary N) is 1. The van der Waals surface area contributed by atoms with E-state index >= 15 is 0 Å². The minimum absolute atomic E-state index is 0.156. The van der Waals surface area contributed by atoms with Gasteiger partial charge in [-0.1, -0.05) is 12.5 Å². The third-order valence-electron chi connectivity index (χ3n) is 3.92. The van der Waals surface area contributed by atoms with E-state index in [2.05, 4.69) is 10.3 Å². The fourth-order valence-electron chi connectivity index (χ4n) is 2.82. The smallest absolute Gasteiger partial charge is 0.252 e. The first kappa shape index (κ1) is 17.5. The number of nitrogens with zero attached hydrogens (tertiary/aromatic N) is 2. The van der Waals surface area contributed by atoms with Crippen molar-refractivity contribution in [3.8, 4) is 0 Å². The van der Waals surface area contributed by atoms with Crippen LogP contribution in [0, 0.1) is 6.92 Å². The molecule has 1 saturated heterocycles. The van der Waals surface area contributed by atoms with Crippen molar-refractivity contribution in [3.63, 3.8) is 0 Å². The molecule has 6 nitrogen and oxygen atoms in total. The van der Waals surface area contributed by atoms with E-state index in [1.165, 1.54) is 27.0 Å². The monoisotopic (exact) mass is 385 g/mol. The van der Waals surface area contributed by atoms with Crippen LogP contribution in [-0.2, 0) is 14.8 Å². The molecule has 130 valence electrons. The molecule has 1 amide bonds. The number of aryl methyl sites for hydroxylation is 1. The first-order valence-corrected chi connectivity index (χ1v) is 10.9. The lowest BCUT2D eigenvalue weighted by atomic mass is 10.0. The topological polar surface area (TPSA) is 79.4 Å². The summed E-state index contributed by atoms with van der Waals surface area (Å²) in [6.45, 7) is 2.33. The summed E-state index contributed by atoms with van der Waals surface area (Å²) >= 11 is 2.58. The molecular formula is C15H19N3O3S3. The van der Waals surface area contributed by atoms with Gasteiger partial charge in [-0.15, -0.1) is 22.7 Å². The number of aromatic nitrogens is 1. The normalized spacial score (nSPS) is 19.3. The first-order chi connectivity index (χ1) is 11.5. The fraction of sp³-hybridized carbons (Fsp3) is 0.467. The standard InChI is InChI=1S/C15H19N3O3S3/c1-11-10-23-15(16-11)17-13(19)9-12-5-2-3-7-18(12)24(20,21)14-6-4-8-22-14/h4,6,8,10,12H,2-3,5,7,9H2,1H3,(H,16,17,19)/t12-/m1/s1. The second kappa shape index (κ2) is 7.30. The Hall–Kier alpha value is -1.29. The molecule has 1 atom stereocenters. The van der Waals surface area contributed by atoms with Crippen LogP contribution >= 0.6 is 22.7 Å². The highest BCUT2D eigenvalue weighted by Gasteiger charge is 2.35. The van der Waals surface area contributed by atoms with E-state index in [4.69, 9.17) is 0 Å². The Bertz CT molecular complexity index is 799. The zero-order chi connectivity index (χ0) is 17.2. The Morgan fingerprint density at radius 3 is 2.92 bits per heavy atom. The van der Waals surface area contributed by atoms with Crippen molar-refractivity contribution >= 4 is 43.7 Å². The number of anilines is 1. The lowest BCUT2D eigenvalue weighted by molar-refractivity contribution is -0.117. The molecule has 24 heavy (non-hydrogen) atoms. The van der Waals surface area contributed by atoms with Crippen molar-refractivity contribution in [1.82, 2.24) is 9.29 Å². The van der Waals surface area contributed by atoms with E-state index in [0.29, 0.717) is 22.3 Å². The van der Waals surface area contributed by atoms with Crippen molar-refractivity contribution in [1.29, 1.82) is 0 Å². The molecule has 9 heteroatoms. The summed E-state index contributed by atoms with van der Waals surface area (Å²) < 4.78 is 27.4. The second-order valence-electron chi connectivity index (χ2n) is 5.74. The molecule has 1 aliphatic rings. The lowest BCUT2D eigenvalue weighted by Gasteiger charge is -2.33. The van der Waals surface area contributed by atoms with Crippen molar-refractivity contribution in [2.24, 2.45) is 0 Å². The number of hydrogen-bond donors (Lipinski definition) is 1. The maximum atomic E-state index is 12.8. The van der Waals surface area contributed by atoms with E-state index in [-0.39, 0.29) is 18.4 Å². The van der Waals surface area contributed by atoms with Gasteiger partial charge < -0.3 is 5.32 Å². The largest absolute Gasteiger partial charge is 0.302 e. The van der Waals surface area contributed by atoms with Gasteiger partial charge in [-0.05, 0) is 31.2 Å². The summed E-state index contributed by atoms with van der Waals surface area (Å²) in [7, 11) is -3.52. The number of carbonyl (C=O) groups is 1. The van der Waals surface area contributed by atoms with Crippen molar-refractivity contribution in [2.75, 3.05) is 11.9 Å². The molecule has 0 saturated carbocycles.